The second-order valence-corrected chi connectivity index (χ2v) is 9.91. The molecule has 4 unspecified atom stereocenters. The van der Waals surface area contributed by atoms with Crippen LogP contribution in [0.1, 0.15) is 44.1 Å². The maximum atomic E-state index is 13.3. The molecule has 11 heteroatoms. The van der Waals surface area contributed by atoms with Crippen LogP contribution < -0.4 is 27.0 Å². The number of aliphatic carboxylic acids is 1. The molecule has 1 aromatic carbocycles. The summed E-state index contributed by atoms with van der Waals surface area (Å²) in [4.78, 5) is 50.8. The van der Waals surface area contributed by atoms with E-state index in [1.54, 1.807) is 0 Å². The van der Waals surface area contributed by atoms with Crippen molar-refractivity contribution in [2.24, 2.45) is 5.73 Å². The second kappa shape index (κ2) is 16.2. The highest BCUT2D eigenvalue weighted by atomic mass is 32.2. The molecule has 36 heavy (non-hydrogen) atoms. The first-order chi connectivity index (χ1) is 17.3. The summed E-state index contributed by atoms with van der Waals surface area (Å²) in [5.74, 6) is -1.83. The summed E-state index contributed by atoms with van der Waals surface area (Å²) in [6.07, 6.45) is 5.53. The molecule has 0 bridgehead atoms. The summed E-state index contributed by atoms with van der Waals surface area (Å²) < 4.78 is 0. The quantitative estimate of drug-likeness (QED) is 0.170. The van der Waals surface area contributed by atoms with E-state index < -0.39 is 35.9 Å². The number of carbonyl (C=O) groups is 4. The molecule has 0 saturated carbocycles. The number of nitrogens with one attached hydrogen (secondary N) is 4. The highest BCUT2D eigenvalue weighted by Gasteiger charge is 2.31. The van der Waals surface area contributed by atoms with E-state index in [1.807, 2.05) is 36.6 Å². The number of rotatable bonds is 16. The van der Waals surface area contributed by atoms with Gasteiger partial charge in [0.05, 0.1) is 6.04 Å². The molecule has 0 aromatic heterocycles. The normalized spacial score (nSPS) is 17.6. The van der Waals surface area contributed by atoms with Crippen LogP contribution in [0.5, 0.6) is 0 Å². The largest absolute Gasteiger partial charge is 0.480 e. The van der Waals surface area contributed by atoms with Crippen molar-refractivity contribution < 1.29 is 24.3 Å². The lowest BCUT2D eigenvalue weighted by atomic mass is 10.0. The van der Waals surface area contributed by atoms with E-state index in [2.05, 4.69) is 21.3 Å². The lowest BCUT2D eigenvalue weighted by Gasteiger charge is -2.25. The van der Waals surface area contributed by atoms with Gasteiger partial charge in [0.1, 0.15) is 18.1 Å². The predicted molar refractivity (Wildman–Crippen MR) is 141 cm³/mol. The molecule has 1 aliphatic rings. The predicted octanol–water partition coefficient (Wildman–Crippen LogP) is 0.402. The highest BCUT2D eigenvalue weighted by Crippen LogP contribution is 2.10. The van der Waals surface area contributed by atoms with Gasteiger partial charge in [-0.1, -0.05) is 30.3 Å². The number of benzene rings is 1. The standard InChI is InChI=1S/C25H39N5O5S/c1-36-15-12-19(23(32)29-20(25(34)35)10-5-6-13-26)28-24(33)21(16-17-8-3-2-4-9-17)30-22(31)18-11-7-14-27-18/h2-4,8-9,18-21,27H,5-7,10-16,26H2,1H3,(H,28,33)(H,29,32)(H,30,31)(H,34,35). The average molecular weight is 522 g/mol. The number of thioether (sulfide) groups is 1. The molecule has 1 heterocycles. The molecular weight excluding hydrogens is 482 g/mol. The monoisotopic (exact) mass is 521 g/mol. The fourth-order valence-corrected chi connectivity index (χ4v) is 4.51. The Morgan fingerprint density at radius 2 is 1.72 bits per heavy atom. The topological polar surface area (TPSA) is 163 Å². The summed E-state index contributed by atoms with van der Waals surface area (Å²) in [6.45, 7) is 1.19. The molecule has 0 aliphatic carbocycles. The minimum Gasteiger partial charge on any atom is -0.480 e. The Hall–Kier alpha value is -2.63. The zero-order chi connectivity index (χ0) is 26.3. The molecule has 0 radical (unpaired) electrons. The lowest BCUT2D eigenvalue weighted by Crippen LogP contribution is -2.57. The van der Waals surface area contributed by atoms with Gasteiger partial charge < -0.3 is 32.1 Å². The summed E-state index contributed by atoms with van der Waals surface area (Å²) in [5, 5.41) is 20.8. The van der Waals surface area contributed by atoms with Crippen LogP contribution >= 0.6 is 11.8 Å². The van der Waals surface area contributed by atoms with Crippen molar-refractivity contribution >= 4 is 35.5 Å². The number of unbranched alkanes of at least 4 members (excludes halogenated alkanes) is 1. The first kappa shape index (κ1) is 29.6. The van der Waals surface area contributed by atoms with Crippen LogP contribution in [0.4, 0.5) is 0 Å². The molecule has 4 atom stereocenters. The second-order valence-electron chi connectivity index (χ2n) is 8.93. The fourth-order valence-electron chi connectivity index (χ4n) is 4.04. The summed E-state index contributed by atoms with van der Waals surface area (Å²) >= 11 is 1.52. The zero-order valence-electron chi connectivity index (χ0n) is 20.8. The van der Waals surface area contributed by atoms with E-state index in [9.17, 15) is 24.3 Å². The third kappa shape index (κ3) is 10.2. The van der Waals surface area contributed by atoms with Gasteiger partial charge >= 0.3 is 5.97 Å². The van der Waals surface area contributed by atoms with Gasteiger partial charge in [-0.15, -0.1) is 0 Å². The Kier molecular flexibility index (Phi) is 13.3. The van der Waals surface area contributed by atoms with Gasteiger partial charge in [-0.05, 0) is 69.2 Å². The lowest BCUT2D eigenvalue weighted by molar-refractivity contribution is -0.142. The van der Waals surface area contributed by atoms with Crippen LogP contribution in [0.15, 0.2) is 30.3 Å². The minimum absolute atomic E-state index is 0.250. The third-order valence-electron chi connectivity index (χ3n) is 6.10. The van der Waals surface area contributed by atoms with Crippen LogP contribution in [0.3, 0.4) is 0 Å². The van der Waals surface area contributed by atoms with E-state index in [0.29, 0.717) is 38.0 Å². The van der Waals surface area contributed by atoms with Crippen molar-refractivity contribution in [3.05, 3.63) is 35.9 Å². The summed E-state index contributed by atoms with van der Waals surface area (Å²) in [6, 6.07) is 6.10. The molecule has 1 saturated heterocycles. The first-order valence-electron chi connectivity index (χ1n) is 12.5. The number of hydrogen-bond acceptors (Lipinski definition) is 7. The number of nitrogens with two attached hydrogens (primary N) is 1. The van der Waals surface area contributed by atoms with Gasteiger partial charge in [0, 0.05) is 6.42 Å². The Balaban J connectivity index is 2.13. The molecule has 3 amide bonds. The van der Waals surface area contributed by atoms with E-state index in [-0.39, 0.29) is 24.8 Å². The minimum atomic E-state index is -1.13. The number of hydrogen-bond donors (Lipinski definition) is 6. The SMILES string of the molecule is CSCCC(NC(=O)C(Cc1ccccc1)NC(=O)C1CCCN1)C(=O)NC(CCCCN)C(=O)O. The van der Waals surface area contributed by atoms with Crippen molar-refractivity contribution in [3.8, 4) is 0 Å². The van der Waals surface area contributed by atoms with Gasteiger partial charge in [0.15, 0.2) is 0 Å². The van der Waals surface area contributed by atoms with Crippen LogP contribution in [0, 0.1) is 0 Å². The van der Waals surface area contributed by atoms with Crippen molar-refractivity contribution in [1.82, 2.24) is 21.3 Å². The van der Waals surface area contributed by atoms with Crippen LogP contribution in [0.25, 0.3) is 0 Å². The van der Waals surface area contributed by atoms with Gasteiger partial charge in [-0.2, -0.15) is 11.8 Å². The zero-order valence-corrected chi connectivity index (χ0v) is 21.6. The molecule has 7 N–H and O–H groups in total. The maximum absolute atomic E-state index is 13.3. The van der Waals surface area contributed by atoms with Crippen LogP contribution in [-0.4, -0.2) is 78.1 Å². The van der Waals surface area contributed by atoms with Gasteiger partial charge in [0.25, 0.3) is 0 Å². The Morgan fingerprint density at radius 3 is 2.33 bits per heavy atom. The maximum Gasteiger partial charge on any atom is 0.326 e. The molecule has 10 nitrogen and oxygen atoms in total. The van der Waals surface area contributed by atoms with Gasteiger partial charge in [-0.3, -0.25) is 14.4 Å². The van der Waals surface area contributed by atoms with Crippen molar-refractivity contribution in [2.75, 3.05) is 25.1 Å². The van der Waals surface area contributed by atoms with Crippen molar-refractivity contribution in [3.63, 3.8) is 0 Å². The first-order valence-corrected chi connectivity index (χ1v) is 13.8. The van der Waals surface area contributed by atoms with Gasteiger partial charge in [-0.25, -0.2) is 4.79 Å². The molecule has 200 valence electrons. The molecule has 0 spiro atoms. The van der Waals surface area contributed by atoms with Crippen molar-refractivity contribution in [2.45, 2.75) is 69.1 Å². The smallest absolute Gasteiger partial charge is 0.326 e. The fraction of sp³-hybridized carbons (Fsp3) is 0.600. The number of carboxylic acids is 1. The Labute approximate surface area is 216 Å². The van der Waals surface area contributed by atoms with Crippen molar-refractivity contribution in [1.29, 1.82) is 0 Å². The number of amides is 3. The molecule has 2 rings (SSSR count). The van der Waals surface area contributed by atoms with E-state index in [4.69, 9.17) is 5.73 Å². The van der Waals surface area contributed by atoms with E-state index >= 15 is 0 Å². The van der Waals surface area contributed by atoms with Gasteiger partial charge in [0.2, 0.25) is 17.7 Å². The average Bonchev–Trinajstić information content (AvgIpc) is 3.41. The highest BCUT2D eigenvalue weighted by molar-refractivity contribution is 7.98. The number of carbonyl (C=O) groups excluding carboxylic acids is 3. The summed E-state index contributed by atoms with van der Waals surface area (Å²) in [5.41, 5.74) is 6.36. The van der Waals surface area contributed by atoms with E-state index in [0.717, 1.165) is 18.5 Å². The number of carboxylic acid groups (broad SMARTS) is 1. The van der Waals surface area contributed by atoms with E-state index in [1.165, 1.54) is 11.8 Å². The molecule has 1 aliphatic heterocycles. The van der Waals surface area contributed by atoms with Crippen LogP contribution in [0.2, 0.25) is 0 Å². The third-order valence-corrected chi connectivity index (χ3v) is 6.74. The molecule has 1 fully saturated rings. The Bertz CT molecular complexity index is 851. The molecular formula is C25H39N5O5S. The molecule has 1 aromatic rings. The Morgan fingerprint density at radius 1 is 1.03 bits per heavy atom. The van der Waals surface area contributed by atoms with Crippen LogP contribution in [-0.2, 0) is 25.6 Å². The summed E-state index contributed by atoms with van der Waals surface area (Å²) in [7, 11) is 0.